The van der Waals surface area contributed by atoms with Crippen molar-refractivity contribution in [1.29, 1.82) is 0 Å². The zero-order chi connectivity index (χ0) is 15.5. The smallest absolute Gasteiger partial charge is 0.120 e. The van der Waals surface area contributed by atoms with Crippen LogP contribution in [0.15, 0.2) is 36.7 Å². The first-order valence-corrected chi connectivity index (χ1v) is 7.17. The molecule has 114 valence electrons. The molecule has 21 heavy (non-hydrogen) atoms. The van der Waals surface area contributed by atoms with E-state index in [2.05, 4.69) is 10.4 Å². The number of aryl methyl sites for hydroxylation is 1. The van der Waals surface area contributed by atoms with E-state index in [1.807, 2.05) is 32.3 Å². The lowest BCUT2D eigenvalue weighted by molar-refractivity contribution is 0.0534. The highest BCUT2D eigenvalue weighted by Crippen LogP contribution is 2.27. The van der Waals surface area contributed by atoms with Gasteiger partial charge in [-0.2, -0.15) is 5.10 Å². The van der Waals surface area contributed by atoms with Crippen molar-refractivity contribution in [2.45, 2.75) is 31.9 Å². The first-order chi connectivity index (χ1) is 9.94. The van der Waals surface area contributed by atoms with E-state index >= 15 is 0 Å². The Kier molecular flexibility index (Phi) is 4.65. The summed E-state index contributed by atoms with van der Waals surface area (Å²) in [6, 6.07) is 7.28. The van der Waals surface area contributed by atoms with Gasteiger partial charge in [0.1, 0.15) is 11.4 Å². The second kappa shape index (κ2) is 6.28. The molecule has 2 atom stereocenters. The van der Waals surface area contributed by atoms with Crippen molar-refractivity contribution in [2.24, 2.45) is 7.05 Å². The van der Waals surface area contributed by atoms with Gasteiger partial charge >= 0.3 is 0 Å². The number of aromatic hydroxyl groups is 1. The minimum atomic E-state index is -1.01. The molecule has 1 heterocycles. The Morgan fingerprint density at radius 3 is 2.67 bits per heavy atom. The highest BCUT2D eigenvalue weighted by Gasteiger charge is 2.26. The molecule has 2 aromatic rings. The lowest BCUT2D eigenvalue weighted by Crippen LogP contribution is -2.37. The zero-order valence-electron chi connectivity index (χ0n) is 12.7. The fourth-order valence-corrected chi connectivity index (χ4v) is 2.38. The fourth-order valence-electron chi connectivity index (χ4n) is 2.38. The summed E-state index contributed by atoms with van der Waals surface area (Å²) in [5, 5.41) is 27.9. The first kappa shape index (κ1) is 15.5. The summed E-state index contributed by atoms with van der Waals surface area (Å²) in [4.78, 5) is 0. The summed E-state index contributed by atoms with van der Waals surface area (Å²) in [6.07, 6.45) is 4.30. The van der Waals surface area contributed by atoms with Crippen molar-refractivity contribution in [3.63, 3.8) is 0 Å². The number of hydrogen-bond acceptors (Lipinski definition) is 4. The SMILES string of the molecule is CC[C@@H](NC[C@](C)(O)c1cnn(C)c1)c1ccccc1O. The van der Waals surface area contributed by atoms with E-state index in [0.29, 0.717) is 6.54 Å². The van der Waals surface area contributed by atoms with E-state index in [-0.39, 0.29) is 11.8 Å². The highest BCUT2D eigenvalue weighted by molar-refractivity contribution is 5.34. The third-order valence-corrected chi connectivity index (χ3v) is 3.74. The largest absolute Gasteiger partial charge is 0.508 e. The van der Waals surface area contributed by atoms with Crippen LogP contribution in [-0.2, 0) is 12.6 Å². The number of phenols is 1. The number of nitrogens with one attached hydrogen (secondary N) is 1. The van der Waals surface area contributed by atoms with Gasteiger partial charge in [0.05, 0.1) is 6.20 Å². The van der Waals surface area contributed by atoms with Gasteiger partial charge in [0.2, 0.25) is 0 Å². The molecule has 0 saturated heterocycles. The van der Waals surface area contributed by atoms with Crippen LogP contribution < -0.4 is 5.32 Å². The molecule has 2 rings (SSSR count). The van der Waals surface area contributed by atoms with E-state index in [0.717, 1.165) is 17.5 Å². The van der Waals surface area contributed by atoms with Crippen LogP contribution in [0.3, 0.4) is 0 Å². The van der Waals surface area contributed by atoms with Gasteiger partial charge in [0, 0.05) is 37.0 Å². The van der Waals surface area contributed by atoms with Gasteiger partial charge in [-0.25, -0.2) is 0 Å². The summed E-state index contributed by atoms with van der Waals surface area (Å²) in [7, 11) is 1.82. The van der Waals surface area contributed by atoms with E-state index in [9.17, 15) is 10.2 Å². The summed E-state index contributed by atoms with van der Waals surface area (Å²) in [6.45, 7) is 4.18. The molecule has 0 bridgehead atoms. The molecule has 0 fully saturated rings. The molecule has 0 aliphatic rings. The second-order valence-electron chi connectivity index (χ2n) is 5.58. The second-order valence-corrected chi connectivity index (χ2v) is 5.58. The van der Waals surface area contributed by atoms with Crippen LogP contribution in [0, 0.1) is 0 Å². The average molecular weight is 289 g/mol. The van der Waals surface area contributed by atoms with Gasteiger partial charge in [-0.05, 0) is 19.4 Å². The number of benzene rings is 1. The van der Waals surface area contributed by atoms with Crippen LogP contribution >= 0.6 is 0 Å². The average Bonchev–Trinajstić information content (AvgIpc) is 2.89. The quantitative estimate of drug-likeness (QED) is 0.761. The molecule has 1 aromatic heterocycles. The topological polar surface area (TPSA) is 70.3 Å². The highest BCUT2D eigenvalue weighted by atomic mass is 16.3. The van der Waals surface area contributed by atoms with Crippen molar-refractivity contribution >= 4 is 0 Å². The van der Waals surface area contributed by atoms with Crippen molar-refractivity contribution in [1.82, 2.24) is 15.1 Å². The maximum atomic E-state index is 10.6. The number of aromatic nitrogens is 2. The summed E-state index contributed by atoms with van der Waals surface area (Å²) in [5.74, 6) is 0.276. The monoisotopic (exact) mass is 289 g/mol. The molecule has 5 nitrogen and oxygen atoms in total. The van der Waals surface area contributed by atoms with Gasteiger partial charge < -0.3 is 15.5 Å². The normalized spacial score (nSPS) is 15.6. The Labute approximate surface area is 125 Å². The van der Waals surface area contributed by atoms with Crippen molar-refractivity contribution in [3.05, 3.63) is 47.8 Å². The number of para-hydroxylation sites is 1. The molecule has 0 radical (unpaired) electrons. The Bertz CT molecular complexity index is 593. The van der Waals surface area contributed by atoms with E-state index in [1.54, 1.807) is 29.9 Å². The predicted molar refractivity (Wildman–Crippen MR) is 81.9 cm³/mol. The molecule has 0 aliphatic heterocycles. The Hall–Kier alpha value is -1.85. The van der Waals surface area contributed by atoms with Crippen molar-refractivity contribution < 1.29 is 10.2 Å². The summed E-state index contributed by atoms with van der Waals surface area (Å²) in [5.41, 5.74) is 0.609. The molecule has 0 aliphatic carbocycles. The maximum Gasteiger partial charge on any atom is 0.120 e. The third kappa shape index (κ3) is 3.62. The third-order valence-electron chi connectivity index (χ3n) is 3.74. The van der Waals surface area contributed by atoms with Gasteiger partial charge in [0.15, 0.2) is 0 Å². The van der Waals surface area contributed by atoms with Crippen LogP contribution in [0.1, 0.15) is 37.4 Å². The number of rotatable bonds is 6. The van der Waals surface area contributed by atoms with Crippen molar-refractivity contribution in [3.8, 4) is 5.75 Å². The Balaban J connectivity index is 2.08. The van der Waals surface area contributed by atoms with Crippen molar-refractivity contribution in [2.75, 3.05) is 6.54 Å². The number of nitrogens with zero attached hydrogens (tertiary/aromatic N) is 2. The Morgan fingerprint density at radius 1 is 1.38 bits per heavy atom. The molecule has 0 unspecified atom stereocenters. The standard InChI is InChI=1S/C16H23N3O2/c1-4-14(13-7-5-6-8-15(13)20)17-11-16(2,21)12-9-18-19(3)10-12/h5-10,14,17,20-21H,4,11H2,1-3H3/t14-,16+/m1/s1. The predicted octanol–water partition coefficient (Wildman–Crippen LogP) is 2.07. The first-order valence-electron chi connectivity index (χ1n) is 7.17. The molecule has 0 spiro atoms. The van der Waals surface area contributed by atoms with Gasteiger partial charge in [-0.3, -0.25) is 4.68 Å². The number of hydrogen-bond donors (Lipinski definition) is 3. The number of phenolic OH excluding ortho intramolecular Hbond substituents is 1. The molecule has 0 amide bonds. The zero-order valence-corrected chi connectivity index (χ0v) is 12.7. The van der Waals surface area contributed by atoms with E-state index in [1.165, 1.54) is 0 Å². The van der Waals surface area contributed by atoms with Gasteiger partial charge in [-0.1, -0.05) is 25.1 Å². The molecule has 5 heteroatoms. The fraction of sp³-hybridized carbons (Fsp3) is 0.438. The lowest BCUT2D eigenvalue weighted by atomic mass is 9.97. The van der Waals surface area contributed by atoms with Crippen LogP contribution in [-0.4, -0.2) is 26.5 Å². The van der Waals surface area contributed by atoms with Crippen LogP contribution in [0.5, 0.6) is 5.75 Å². The molecule has 1 aromatic carbocycles. The van der Waals surface area contributed by atoms with Gasteiger partial charge in [0.25, 0.3) is 0 Å². The van der Waals surface area contributed by atoms with Gasteiger partial charge in [-0.15, -0.1) is 0 Å². The van der Waals surface area contributed by atoms with E-state index in [4.69, 9.17) is 0 Å². The molecular formula is C16H23N3O2. The van der Waals surface area contributed by atoms with Crippen LogP contribution in [0.2, 0.25) is 0 Å². The molecule has 0 saturated carbocycles. The summed E-state index contributed by atoms with van der Waals surface area (Å²) >= 11 is 0. The molecule has 3 N–H and O–H groups in total. The summed E-state index contributed by atoms with van der Waals surface area (Å²) < 4.78 is 1.67. The lowest BCUT2D eigenvalue weighted by Gasteiger charge is -2.26. The minimum Gasteiger partial charge on any atom is -0.508 e. The van der Waals surface area contributed by atoms with Crippen LogP contribution in [0.4, 0.5) is 0 Å². The van der Waals surface area contributed by atoms with E-state index < -0.39 is 5.60 Å². The maximum absolute atomic E-state index is 10.6. The Morgan fingerprint density at radius 2 is 2.10 bits per heavy atom. The van der Waals surface area contributed by atoms with Crippen LogP contribution in [0.25, 0.3) is 0 Å². The molecular weight excluding hydrogens is 266 g/mol. The number of aliphatic hydroxyl groups is 1. The minimum absolute atomic E-state index is 0.00523.